The predicted octanol–water partition coefficient (Wildman–Crippen LogP) is -0.00440. The van der Waals surface area contributed by atoms with E-state index in [1.807, 2.05) is 6.92 Å². The lowest BCUT2D eigenvalue weighted by Crippen LogP contribution is -2.67. The molecule has 15 heteroatoms. The molecule has 3 saturated heterocycles. The highest BCUT2D eigenvalue weighted by Gasteiger charge is 2.55. The molecule has 43 heavy (non-hydrogen) atoms. The first-order valence-corrected chi connectivity index (χ1v) is 14.3. The third kappa shape index (κ3) is 8.04. The molecule has 0 aromatic rings. The van der Waals surface area contributed by atoms with E-state index in [4.69, 9.17) is 71.1 Å². The van der Waals surface area contributed by atoms with Crippen LogP contribution in [0.1, 0.15) is 6.92 Å². The Morgan fingerprint density at radius 2 is 0.744 bits per heavy atom. The quantitative estimate of drug-likeness (QED) is 0.226. The molecule has 15 atom stereocenters. The van der Waals surface area contributed by atoms with Gasteiger partial charge in [0, 0.05) is 71.1 Å². The van der Waals surface area contributed by atoms with Crippen LogP contribution in [0.2, 0.25) is 0 Å². The Morgan fingerprint density at radius 1 is 0.372 bits per heavy atom. The molecular weight excluding hydrogens is 576 g/mol. The van der Waals surface area contributed by atoms with Gasteiger partial charge in [-0.3, -0.25) is 0 Å². The molecule has 0 amide bonds. The van der Waals surface area contributed by atoms with Gasteiger partial charge < -0.3 is 71.1 Å². The van der Waals surface area contributed by atoms with E-state index in [0.717, 1.165) is 0 Å². The molecule has 0 radical (unpaired) electrons. The van der Waals surface area contributed by atoms with Gasteiger partial charge in [-0.1, -0.05) is 0 Å². The molecule has 0 spiro atoms. The van der Waals surface area contributed by atoms with E-state index in [0.29, 0.717) is 0 Å². The lowest BCUT2D eigenvalue weighted by molar-refractivity contribution is -0.392. The largest absolute Gasteiger partial charge is 0.382 e. The maximum Gasteiger partial charge on any atom is 0.187 e. The minimum absolute atomic E-state index is 0.208. The standard InChI is InChI=1S/C28H52O15/c1-14-17(20(33-6)23(36-9)26(38-11)39-14)42-28-25(22(35-8)19(32-5)16(41-28)13-30-3)43-27-24(37-10)21(34-7)18(31-4)15(40-27)12-29-2/h14-28H,12-13H2,1-11H3. The molecule has 3 aliphatic rings. The minimum Gasteiger partial charge on any atom is -0.382 e. The van der Waals surface area contributed by atoms with Crippen LogP contribution in [0.4, 0.5) is 0 Å². The van der Waals surface area contributed by atoms with Gasteiger partial charge in [-0.15, -0.1) is 0 Å². The number of rotatable bonds is 16. The SMILES string of the molecule is COCC1OC(OC2C(OC3C(C)OC(OC)C(OC)C3OC)OC(COC)C(OC)C2OC)C(OC)C(OC)C1OC. The molecule has 0 aromatic carbocycles. The van der Waals surface area contributed by atoms with Gasteiger partial charge >= 0.3 is 0 Å². The fraction of sp³-hybridized carbons (Fsp3) is 1.00. The maximum absolute atomic E-state index is 6.68. The predicted molar refractivity (Wildman–Crippen MR) is 148 cm³/mol. The summed E-state index contributed by atoms with van der Waals surface area (Å²) in [6.07, 6.45) is -9.90. The summed E-state index contributed by atoms with van der Waals surface area (Å²) in [6.45, 7) is 2.30. The van der Waals surface area contributed by atoms with Gasteiger partial charge in [0.1, 0.15) is 67.1 Å². The summed E-state index contributed by atoms with van der Waals surface area (Å²) in [6, 6.07) is 0. The van der Waals surface area contributed by atoms with Crippen LogP contribution >= 0.6 is 0 Å². The second-order valence-corrected chi connectivity index (χ2v) is 10.5. The van der Waals surface area contributed by atoms with Crippen LogP contribution in [0.15, 0.2) is 0 Å². The molecule has 0 bridgehead atoms. The zero-order valence-corrected chi connectivity index (χ0v) is 27.2. The Morgan fingerprint density at radius 3 is 1.16 bits per heavy atom. The fourth-order valence-corrected chi connectivity index (χ4v) is 6.25. The second-order valence-electron chi connectivity index (χ2n) is 10.5. The highest BCUT2D eigenvalue weighted by molar-refractivity contribution is 4.98. The highest BCUT2D eigenvalue weighted by atomic mass is 16.8. The van der Waals surface area contributed by atoms with Crippen LogP contribution < -0.4 is 0 Å². The maximum atomic E-state index is 6.68. The third-order valence-corrected chi connectivity index (χ3v) is 8.29. The minimum atomic E-state index is -1.02. The zero-order chi connectivity index (χ0) is 31.7. The number of hydrogen-bond donors (Lipinski definition) is 0. The van der Waals surface area contributed by atoms with Crippen molar-refractivity contribution in [1.29, 1.82) is 0 Å². The summed E-state index contributed by atoms with van der Waals surface area (Å²) in [5, 5.41) is 0. The molecule has 3 fully saturated rings. The average Bonchev–Trinajstić information content (AvgIpc) is 3.01. The van der Waals surface area contributed by atoms with Crippen molar-refractivity contribution < 1.29 is 71.1 Å². The first kappa shape index (κ1) is 36.9. The van der Waals surface area contributed by atoms with E-state index in [9.17, 15) is 0 Å². The topological polar surface area (TPSA) is 138 Å². The molecule has 15 nitrogen and oxygen atoms in total. The summed E-state index contributed by atoms with van der Waals surface area (Å²) >= 11 is 0. The second kappa shape index (κ2) is 17.9. The number of hydrogen-bond acceptors (Lipinski definition) is 15. The first-order valence-electron chi connectivity index (χ1n) is 14.3. The Bertz CT molecular complexity index is 778. The van der Waals surface area contributed by atoms with Crippen molar-refractivity contribution in [2.75, 3.05) is 84.3 Å². The molecule has 254 valence electrons. The molecular formula is C28H52O15. The van der Waals surface area contributed by atoms with Crippen LogP contribution in [0, 0.1) is 0 Å². The summed E-state index contributed by atoms with van der Waals surface area (Å²) < 4.78 is 89.4. The average molecular weight is 629 g/mol. The molecule has 15 unspecified atom stereocenters. The van der Waals surface area contributed by atoms with Crippen LogP contribution in [-0.2, 0) is 71.1 Å². The first-order chi connectivity index (χ1) is 20.8. The summed E-state index contributed by atoms with van der Waals surface area (Å²) in [5.74, 6) is 0. The summed E-state index contributed by atoms with van der Waals surface area (Å²) in [4.78, 5) is 0. The lowest BCUT2D eigenvalue weighted by Gasteiger charge is -2.51. The third-order valence-electron chi connectivity index (χ3n) is 8.29. The van der Waals surface area contributed by atoms with Gasteiger partial charge in [0.15, 0.2) is 18.9 Å². The van der Waals surface area contributed by atoms with Gasteiger partial charge in [-0.25, -0.2) is 0 Å². The van der Waals surface area contributed by atoms with Gasteiger partial charge in [0.05, 0.1) is 19.3 Å². The van der Waals surface area contributed by atoms with Crippen LogP contribution in [0.5, 0.6) is 0 Å². The van der Waals surface area contributed by atoms with Crippen molar-refractivity contribution in [2.24, 2.45) is 0 Å². The number of methoxy groups -OCH3 is 10. The van der Waals surface area contributed by atoms with Crippen molar-refractivity contribution in [3.8, 4) is 0 Å². The monoisotopic (exact) mass is 628 g/mol. The Kier molecular flexibility index (Phi) is 15.4. The Labute approximate surface area is 254 Å². The summed E-state index contributed by atoms with van der Waals surface area (Å²) in [5.41, 5.74) is 0. The highest BCUT2D eigenvalue weighted by Crippen LogP contribution is 2.36. The normalized spacial score (nSPS) is 44.0. The van der Waals surface area contributed by atoms with Crippen LogP contribution in [0.25, 0.3) is 0 Å². The van der Waals surface area contributed by atoms with E-state index < -0.39 is 92.1 Å². The molecule has 3 aliphatic heterocycles. The van der Waals surface area contributed by atoms with Gasteiger partial charge in [-0.2, -0.15) is 0 Å². The smallest absolute Gasteiger partial charge is 0.187 e. The Balaban J connectivity index is 1.99. The van der Waals surface area contributed by atoms with Gasteiger partial charge in [0.2, 0.25) is 0 Å². The van der Waals surface area contributed by atoms with Crippen molar-refractivity contribution >= 4 is 0 Å². The van der Waals surface area contributed by atoms with E-state index in [1.54, 1.807) is 71.1 Å². The fourth-order valence-electron chi connectivity index (χ4n) is 6.25. The van der Waals surface area contributed by atoms with Crippen molar-refractivity contribution in [1.82, 2.24) is 0 Å². The van der Waals surface area contributed by atoms with Crippen molar-refractivity contribution in [3.63, 3.8) is 0 Å². The van der Waals surface area contributed by atoms with Crippen LogP contribution in [-0.4, -0.2) is 176 Å². The molecule has 0 aliphatic carbocycles. The molecule has 0 N–H and O–H groups in total. The van der Waals surface area contributed by atoms with E-state index >= 15 is 0 Å². The van der Waals surface area contributed by atoms with E-state index in [1.165, 1.54) is 0 Å². The van der Waals surface area contributed by atoms with Gasteiger partial charge in [-0.05, 0) is 6.92 Å². The van der Waals surface area contributed by atoms with Crippen LogP contribution in [0.3, 0.4) is 0 Å². The summed E-state index contributed by atoms with van der Waals surface area (Å²) in [7, 11) is 15.7. The lowest BCUT2D eigenvalue weighted by atomic mass is 9.95. The van der Waals surface area contributed by atoms with E-state index in [2.05, 4.69) is 0 Å². The zero-order valence-electron chi connectivity index (χ0n) is 27.2. The molecule has 0 saturated carbocycles. The molecule has 3 rings (SSSR count). The molecule has 3 heterocycles. The Hall–Kier alpha value is -0.600. The van der Waals surface area contributed by atoms with Gasteiger partial charge in [0.25, 0.3) is 0 Å². The number of ether oxygens (including phenoxy) is 15. The van der Waals surface area contributed by atoms with E-state index in [-0.39, 0.29) is 13.2 Å². The van der Waals surface area contributed by atoms with Crippen molar-refractivity contribution in [3.05, 3.63) is 0 Å². The molecule has 0 aromatic heterocycles. The van der Waals surface area contributed by atoms with Crippen molar-refractivity contribution in [2.45, 2.75) is 99.0 Å².